The zero-order valence-corrected chi connectivity index (χ0v) is 11.7. The molecule has 1 atom stereocenters. The summed E-state index contributed by atoms with van der Waals surface area (Å²) in [6.07, 6.45) is 4.04. The Bertz CT molecular complexity index is 406. The first-order chi connectivity index (χ1) is 8.50. The van der Waals surface area contributed by atoms with Gasteiger partial charge >= 0.3 is 0 Å². The first-order valence-electron chi connectivity index (χ1n) is 6.62. The van der Waals surface area contributed by atoms with Crippen LogP contribution in [0, 0.1) is 0 Å². The minimum Gasteiger partial charge on any atom is -0.384 e. The molecule has 1 aliphatic rings. The molecular weight excluding hydrogens is 226 g/mol. The van der Waals surface area contributed by atoms with Crippen LogP contribution in [0.2, 0.25) is 0 Å². The molecule has 1 aliphatic heterocycles. The number of rotatable bonds is 3. The van der Waals surface area contributed by atoms with Crippen molar-refractivity contribution >= 4 is 11.4 Å². The summed E-state index contributed by atoms with van der Waals surface area (Å²) in [5.74, 6) is 0. The van der Waals surface area contributed by atoms with Crippen molar-refractivity contribution in [2.75, 3.05) is 29.9 Å². The van der Waals surface area contributed by atoms with Gasteiger partial charge in [0.25, 0.3) is 0 Å². The first kappa shape index (κ1) is 13.1. The molecule has 4 heteroatoms. The quantitative estimate of drug-likeness (QED) is 0.893. The van der Waals surface area contributed by atoms with Crippen LogP contribution in [0.25, 0.3) is 0 Å². The molecule has 4 nitrogen and oxygen atoms in total. The minimum atomic E-state index is -0.105. The van der Waals surface area contributed by atoms with Gasteiger partial charge in [0.1, 0.15) is 0 Å². The van der Waals surface area contributed by atoms with Crippen LogP contribution < -0.4 is 10.2 Å². The molecule has 1 saturated heterocycles. The highest BCUT2D eigenvalue weighted by Gasteiger charge is 2.31. The number of hydrogen-bond donors (Lipinski definition) is 1. The number of nitrogens with one attached hydrogen (secondary N) is 1. The van der Waals surface area contributed by atoms with Gasteiger partial charge in [0, 0.05) is 19.6 Å². The molecule has 18 heavy (non-hydrogen) atoms. The second-order valence-electron chi connectivity index (χ2n) is 5.53. The van der Waals surface area contributed by atoms with Crippen molar-refractivity contribution in [3.05, 3.63) is 18.5 Å². The largest absolute Gasteiger partial charge is 0.384 e. The average molecular weight is 249 g/mol. The summed E-state index contributed by atoms with van der Waals surface area (Å²) in [4.78, 5) is 6.66. The summed E-state index contributed by atoms with van der Waals surface area (Å²) in [5, 5.41) is 3.30. The molecule has 0 aliphatic carbocycles. The third-order valence-corrected chi connectivity index (χ3v) is 3.04. The van der Waals surface area contributed by atoms with Crippen LogP contribution in [0.5, 0.6) is 0 Å². The zero-order valence-electron chi connectivity index (χ0n) is 11.7. The molecule has 0 amide bonds. The van der Waals surface area contributed by atoms with Crippen molar-refractivity contribution in [1.29, 1.82) is 0 Å². The van der Waals surface area contributed by atoms with Crippen LogP contribution in [0.4, 0.5) is 11.4 Å². The lowest BCUT2D eigenvalue weighted by Gasteiger charge is -2.42. The summed E-state index contributed by atoms with van der Waals surface area (Å²) in [6, 6.07) is 2.16. The minimum absolute atomic E-state index is 0.105. The number of anilines is 2. The van der Waals surface area contributed by atoms with Crippen LogP contribution in [-0.4, -0.2) is 36.3 Å². The fourth-order valence-corrected chi connectivity index (χ4v) is 2.55. The van der Waals surface area contributed by atoms with E-state index in [1.54, 1.807) is 0 Å². The van der Waals surface area contributed by atoms with Crippen LogP contribution in [0.3, 0.4) is 0 Å². The highest BCUT2D eigenvalue weighted by Crippen LogP contribution is 2.26. The van der Waals surface area contributed by atoms with E-state index < -0.39 is 0 Å². The molecule has 1 fully saturated rings. The van der Waals surface area contributed by atoms with Crippen LogP contribution in [0.1, 0.15) is 27.7 Å². The van der Waals surface area contributed by atoms with Gasteiger partial charge in [-0.15, -0.1) is 0 Å². The summed E-state index contributed by atoms with van der Waals surface area (Å²) in [5.41, 5.74) is 2.13. The predicted molar refractivity (Wildman–Crippen MR) is 75.2 cm³/mol. The smallest absolute Gasteiger partial charge is 0.0805 e. The molecule has 0 radical (unpaired) electrons. The lowest BCUT2D eigenvalue weighted by molar-refractivity contribution is -0.0749. The third kappa shape index (κ3) is 3.13. The molecule has 1 N–H and O–H groups in total. The maximum absolute atomic E-state index is 5.93. The van der Waals surface area contributed by atoms with Gasteiger partial charge < -0.3 is 15.0 Å². The van der Waals surface area contributed by atoms with E-state index in [-0.39, 0.29) is 11.7 Å². The van der Waals surface area contributed by atoms with Gasteiger partial charge in [0.05, 0.1) is 35.5 Å². The van der Waals surface area contributed by atoms with Crippen molar-refractivity contribution < 1.29 is 4.74 Å². The molecule has 0 aromatic carbocycles. The summed E-state index contributed by atoms with van der Waals surface area (Å²) in [7, 11) is 0. The van der Waals surface area contributed by atoms with Crippen LogP contribution in [-0.2, 0) is 4.74 Å². The number of nitrogens with zero attached hydrogens (tertiary/aromatic N) is 2. The second-order valence-corrected chi connectivity index (χ2v) is 5.53. The van der Waals surface area contributed by atoms with Gasteiger partial charge in [-0.1, -0.05) is 0 Å². The molecule has 2 heterocycles. The number of pyridine rings is 1. The van der Waals surface area contributed by atoms with E-state index >= 15 is 0 Å². The Morgan fingerprint density at radius 3 is 2.94 bits per heavy atom. The number of morpholine rings is 1. The molecular formula is C14H23N3O. The van der Waals surface area contributed by atoms with Crippen molar-refractivity contribution in [1.82, 2.24) is 4.98 Å². The van der Waals surface area contributed by atoms with Gasteiger partial charge in [0.15, 0.2) is 0 Å². The first-order valence-corrected chi connectivity index (χ1v) is 6.62. The number of ether oxygens (including phenoxy) is 1. The second kappa shape index (κ2) is 5.14. The molecule has 1 aromatic rings. The Morgan fingerprint density at radius 1 is 1.50 bits per heavy atom. The summed E-state index contributed by atoms with van der Waals surface area (Å²) in [6.45, 7) is 11.2. The highest BCUT2D eigenvalue weighted by molar-refractivity contribution is 5.56. The summed E-state index contributed by atoms with van der Waals surface area (Å²) >= 11 is 0. The highest BCUT2D eigenvalue weighted by atomic mass is 16.5. The van der Waals surface area contributed by atoms with E-state index in [4.69, 9.17) is 4.74 Å². The van der Waals surface area contributed by atoms with Gasteiger partial charge in [0.2, 0.25) is 0 Å². The number of aromatic nitrogens is 1. The fourth-order valence-electron chi connectivity index (χ4n) is 2.55. The van der Waals surface area contributed by atoms with E-state index in [1.165, 1.54) is 0 Å². The molecule has 2 rings (SSSR count). The van der Waals surface area contributed by atoms with E-state index in [0.29, 0.717) is 0 Å². The molecule has 1 aromatic heterocycles. The maximum Gasteiger partial charge on any atom is 0.0805 e. The molecule has 100 valence electrons. The van der Waals surface area contributed by atoms with Crippen LogP contribution in [0.15, 0.2) is 18.5 Å². The molecule has 0 spiro atoms. The lowest BCUT2D eigenvalue weighted by atomic mass is 10.1. The Morgan fingerprint density at radius 2 is 2.28 bits per heavy atom. The van der Waals surface area contributed by atoms with Gasteiger partial charge in [-0.2, -0.15) is 0 Å². The summed E-state index contributed by atoms with van der Waals surface area (Å²) < 4.78 is 5.93. The van der Waals surface area contributed by atoms with E-state index in [9.17, 15) is 0 Å². The standard InChI is InChI=1S/C14H23N3O/c1-5-16-12-6-13(8-15-7-12)17-9-11(2)18-14(3,4)10-17/h6-8,11,16H,5,9-10H2,1-4H3. The molecule has 1 unspecified atom stereocenters. The Kier molecular flexibility index (Phi) is 3.76. The van der Waals surface area contributed by atoms with E-state index in [1.807, 2.05) is 12.4 Å². The van der Waals surface area contributed by atoms with Crippen molar-refractivity contribution in [3.8, 4) is 0 Å². The normalized spacial score (nSPS) is 22.9. The SMILES string of the molecule is CCNc1cncc(N2CC(C)OC(C)(C)C2)c1. The average Bonchev–Trinajstić information content (AvgIpc) is 2.27. The van der Waals surface area contributed by atoms with Crippen molar-refractivity contribution in [2.24, 2.45) is 0 Å². The Hall–Kier alpha value is -1.29. The topological polar surface area (TPSA) is 37.4 Å². The maximum atomic E-state index is 5.93. The predicted octanol–water partition coefficient (Wildman–Crippen LogP) is 2.52. The third-order valence-electron chi connectivity index (χ3n) is 3.04. The number of hydrogen-bond acceptors (Lipinski definition) is 4. The zero-order chi connectivity index (χ0) is 13.2. The fraction of sp³-hybridized carbons (Fsp3) is 0.643. The molecule has 0 bridgehead atoms. The van der Waals surface area contributed by atoms with Gasteiger partial charge in [-0.3, -0.25) is 4.98 Å². The van der Waals surface area contributed by atoms with E-state index in [0.717, 1.165) is 31.0 Å². The van der Waals surface area contributed by atoms with Crippen LogP contribution >= 0.6 is 0 Å². The van der Waals surface area contributed by atoms with E-state index in [2.05, 4.69) is 49.0 Å². The Labute approximate surface area is 109 Å². The monoisotopic (exact) mass is 249 g/mol. The Balaban J connectivity index is 2.17. The van der Waals surface area contributed by atoms with Gasteiger partial charge in [-0.05, 0) is 33.8 Å². The van der Waals surface area contributed by atoms with Gasteiger partial charge in [-0.25, -0.2) is 0 Å². The van der Waals surface area contributed by atoms with Crippen molar-refractivity contribution in [3.63, 3.8) is 0 Å². The van der Waals surface area contributed by atoms with Crippen molar-refractivity contribution in [2.45, 2.75) is 39.4 Å². The lowest BCUT2D eigenvalue weighted by Crippen LogP contribution is -2.52. The molecule has 0 saturated carbocycles.